The van der Waals surface area contributed by atoms with Crippen molar-refractivity contribution in [3.05, 3.63) is 58.3 Å². The van der Waals surface area contributed by atoms with Gasteiger partial charge in [-0.15, -0.1) is 0 Å². The maximum atomic E-state index is 8.89. The number of ether oxygens (including phenoxy) is 1. The van der Waals surface area contributed by atoms with E-state index in [4.69, 9.17) is 10.00 Å². The maximum Gasteiger partial charge on any atom is 0.155 e. The first-order valence-electron chi connectivity index (χ1n) is 5.01. The highest BCUT2D eigenvalue weighted by atomic mass is 79.9. The van der Waals surface area contributed by atoms with Crippen molar-refractivity contribution in [1.82, 2.24) is 4.98 Å². The molecule has 0 saturated heterocycles. The number of nitrogens with zero attached hydrogens (tertiary/aromatic N) is 2. The van der Waals surface area contributed by atoms with Crippen LogP contribution in [0.2, 0.25) is 0 Å². The molecule has 2 rings (SSSR count). The lowest BCUT2D eigenvalue weighted by Crippen LogP contribution is -1.97. The molecule has 0 aliphatic rings. The average molecular weight is 289 g/mol. The fourth-order valence-corrected chi connectivity index (χ4v) is 1.82. The molecule has 1 heterocycles. The normalized spacial score (nSPS) is 9.65. The van der Waals surface area contributed by atoms with Gasteiger partial charge in [0.1, 0.15) is 12.7 Å². The van der Waals surface area contributed by atoms with E-state index in [0.29, 0.717) is 17.9 Å². The Morgan fingerprint density at radius 2 is 2.24 bits per heavy atom. The van der Waals surface area contributed by atoms with E-state index in [1.165, 1.54) is 0 Å². The van der Waals surface area contributed by atoms with Gasteiger partial charge >= 0.3 is 0 Å². The molecule has 0 aliphatic heterocycles. The Labute approximate surface area is 108 Å². The van der Waals surface area contributed by atoms with E-state index >= 15 is 0 Å². The standard InChI is InChI=1S/C13H9BrN2O/c14-12-3-1-2-10(6-12)9-17-13-8-16-5-4-11(13)7-15/h1-6,8H,9H2. The van der Waals surface area contributed by atoms with Crippen LogP contribution in [0.1, 0.15) is 11.1 Å². The van der Waals surface area contributed by atoms with Gasteiger partial charge in [0.05, 0.1) is 11.8 Å². The summed E-state index contributed by atoms with van der Waals surface area (Å²) in [7, 11) is 0. The van der Waals surface area contributed by atoms with Gasteiger partial charge in [0.15, 0.2) is 5.75 Å². The summed E-state index contributed by atoms with van der Waals surface area (Å²) in [6.07, 6.45) is 3.13. The number of hydrogen-bond acceptors (Lipinski definition) is 3. The largest absolute Gasteiger partial charge is 0.486 e. The van der Waals surface area contributed by atoms with E-state index in [1.807, 2.05) is 24.3 Å². The molecule has 3 nitrogen and oxygen atoms in total. The molecule has 0 bridgehead atoms. The first-order valence-corrected chi connectivity index (χ1v) is 5.80. The molecule has 1 aromatic heterocycles. The first kappa shape index (κ1) is 11.6. The van der Waals surface area contributed by atoms with Crippen molar-refractivity contribution in [2.24, 2.45) is 0 Å². The zero-order valence-corrected chi connectivity index (χ0v) is 10.5. The van der Waals surface area contributed by atoms with Gasteiger partial charge in [0.2, 0.25) is 0 Å². The Bertz CT molecular complexity index is 563. The van der Waals surface area contributed by atoms with Crippen LogP contribution in [0.5, 0.6) is 5.75 Å². The van der Waals surface area contributed by atoms with Crippen LogP contribution in [-0.2, 0) is 6.61 Å². The Hall–Kier alpha value is -1.86. The van der Waals surface area contributed by atoms with Crippen LogP contribution in [0, 0.1) is 11.3 Å². The van der Waals surface area contributed by atoms with Crippen molar-refractivity contribution in [3.63, 3.8) is 0 Å². The second-order valence-corrected chi connectivity index (χ2v) is 4.32. The number of pyridine rings is 1. The van der Waals surface area contributed by atoms with Gasteiger partial charge in [-0.05, 0) is 23.8 Å². The minimum Gasteiger partial charge on any atom is -0.486 e. The molecule has 0 aliphatic carbocycles. The minimum atomic E-state index is 0.416. The SMILES string of the molecule is N#Cc1ccncc1OCc1cccc(Br)c1. The van der Waals surface area contributed by atoms with Crippen LogP contribution in [-0.4, -0.2) is 4.98 Å². The van der Waals surface area contributed by atoms with Gasteiger partial charge in [-0.3, -0.25) is 4.98 Å². The molecule has 0 amide bonds. The summed E-state index contributed by atoms with van der Waals surface area (Å²) >= 11 is 3.40. The molecule has 84 valence electrons. The van der Waals surface area contributed by atoms with Gasteiger partial charge in [0.25, 0.3) is 0 Å². The Morgan fingerprint density at radius 1 is 1.35 bits per heavy atom. The predicted molar refractivity (Wildman–Crippen MR) is 67.4 cm³/mol. The van der Waals surface area contributed by atoms with Crippen LogP contribution in [0.3, 0.4) is 0 Å². The molecular formula is C13H9BrN2O. The molecule has 17 heavy (non-hydrogen) atoms. The predicted octanol–water partition coefficient (Wildman–Crippen LogP) is 3.29. The smallest absolute Gasteiger partial charge is 0.155 e. The van der Waals surface area contributed by atoms with E-state index in [2.05, 4.69) is 27.0 Å². The second-order valence-electron chi connectivity index (χ2n) is 3.40. The molecule has 2 aromatic rings. The van der Waals surface area contributed by atoms with E-state index in [1.54, 1.807) is 18.5 Å². The Kier molecular flexibility index (Phi) is 3.73. The Balaban J connectivity index is 2.10. The van der Waals surface area contributed by atoms with Crippen LogP contribution in [0.15, 0.2) is 47.2 Å². The van der Waals surface area contributed by atoms with E-state index < -0.39 is 0 Å². The number of aromatic nitrogens is 1. The summed E-state index contributed by atoms with van der Waals surface area (Å²) in [4.78, 5) is 3.94. The lowest BCUT2D eigenvalue weighted by Gasteiger charge is -2.07. The fraction of sp³-hybridized carbons (Fsp3) is 0.0769. The molecular weight excluding hydrogens is 280 g/mol. The third kappa shape index (κ3) is 3.05. The molecule has 0 fully saturated rings. The van der Waals surface area contributed by atoms with Gasteiger partial charge in [-0.25, -0.2) is 0 Å². The topological polar surface area (TPSA) is 45.9 Å². The number of rotatable bonds is 3. The summed E-state index contributed by atoms with van der Waals surface area (Å²) < 4.78 is 6.57. The third-order valence-corrected chi connectivity index (χ3v) is 2.68. The molecule has 0 saturated carbocycles. The lowest BCUT2D eigenvalue weighted by atomic mass is 10.2. The number of halogens is 1. The molecule has 0 N–H and O–H groups in total. The van der Waals surface area contributed by atoms with Crippen molar-refractivity contribution < 1.29 is 4.74 Å². The van der Waals surface area contributed by atoms with Gasteiger partial charge in [-0.2, -0.15) is 5.26 Å². The van der Waals surface area contributed by atoms with Crippen LogP contribution < -0.4 is 4.74 Å². The quantitative estimate of drug-likeness (QED) is 0.871. The van der Waals surface area contributed by atoms with Crippen molar-refractivity contribution in [3.8, 4) is 11.8 Å². The van der Waals surface area contributed by atoms with E-state index in [9.17, 15) is 0 Å². The molecule has 1 aromatic carbocycles. The second kappa shape index (κ2) is 5.46. The Morgan fingerprint density at radius 3 is 3.00 bits per heavy atom. The van der Waals surface area contributed by atoms with Crippen molar-refractivity contribution in [1.29, 1.82) is 5.26 Å². The van der Waals surface area contributed by atoms with E-state index in [-0.39, 0.29) is 0 Å². The number of benzene rings is 1. The molecule has 0 atom stereocenters. The van der Waals surface area contributed by atoms with Gasteiger partial charge < -0.3 is 4.74 Å². The molecule has 0 radical (unpaired) electrons. The highest BCUT2D eigenvalue weighted by Crippen LogP contribution is 2.18. The van der Waals surface area contributed by atoms with Gasteiger partial charge in [0, 0.05) is 10.7 Å². The lowest BCUT2D eigenvalue weighted by molar-refractivity contribution is 0.304. The highest BCUT2D eigenvalue weighted by Gasteiger charge is 2.02. The maximum absolute atomic E-state index is 8.89. The monoisotopic (exact) mass is 288 g/mol. The van der Waals surface area contributed by atoms with Crippen molar-refractivity contribution >= 4 is 15.9 Å². The van der Waals surface area contributed by atoms with Crippen LogP contribution in [0.4, 0.5) is 0 Å². The number of nitriles is 1. The van der Waals surface area contributed by atoms with Crippen molar-refractivity contribution in [2.75, 3.05) is 0 Å². The summed E-state index contributed by atoms with van der Waals surface area (Å²) in [5.74, 6) is 0.509. The highest BCUT2D eigenvalue weighted by molar-refractivity contribution is 9.10. The molecule has 0 spiro atoms. The molecule has 4 heteroatoms. The van der Waals surface area contributed by atoms with Crippen LogP contribution in [0.25, 0.3) is 0 Å². The zero-order valence-electron chi connectivity index (χ0n) is 8.93. The number of hydrogen-bond donors (Lipinski definition) is 0. The summed E-state index contributed by atoms with van der Waals surface area (Å²) in [6, 6.07) is 11.5. The summed E-state index contributed by atoms with van der Waals surface area (Å²) in [5.41, 5.74) is 1.53. The van der Waals surface area contributed by atoms with E-state index in [0.717, 1.165) is 10.0 Å². The van der Waals surface area contributed by atoms with Crippen LogP contribution >= 0.6 is 15.9 Å². The fourth-order valence-electron chi connectivity index (χ4n) is 1.38. The summed E-state index contributed by atoms with van der Waals surface area (Å²) in [6.45, 7) is 0.416. The minimum absolute atomic E-state index is 0.416. The third-order valence-electron chi connectivity index (χ3n) is 2.19. The average Bonchev–Trinajstić information content (AvgIpc) is 2.37. The molecule has 0 unspecified atom stereocenters. The summed E-state index contributed by atoms with van der Waals surface area (Å²) in [5, 5.41) is 8.89. The van der Waals surface area contributed by atoms with Gasteiger partial charge in [-0.1, -0.05) is 28.1 Å². The first-order chi connectivity index (χ1) is 8.29. The zero-order chi connectivity index (χ0) is 12.1. The van der Waals surface area contributed by atoms with Crippen molar-refractivity contribution in [2.45, 2.75) is 6.61 Å².